The van der Waals surface area contributed by atoms with E-state index in [1.165, 1.54) is 0 Å². The van der Waals surface area contributed by atoms with Crippen LogP contribution in [0.3, 0.4) is 0 Å². The van der Waals surface area contributed by atoms with E-state index in [4.69, 9.17) is 21.1 Å². The molecule has 2 aromatic carbocycles. The largest absolute Gasteiger partial charge is 0.490 e. The van der Waals surface area contributed by atoms with Gasteiger partial charge in [-0.3, -0.25) is 9.59 Å². The monoisotopic (exact) mass is 399 g/mol. The lowest BCUT2D eigenvalue weighted by molar-refractivity contribution is -0.119. The van der Waals surface area contributed by atoms with E-state index in [0.717, 1.165) is 16.0 Å². The van der Waals surface area contributed by atoms with Crippen LogP contribution in [0.5, 0.6) is 11.5 Å². The summed E-state index contributed by atoms with van der Waals surface area (Å²) in [6, 6.07) is 10.5. The summed E-state index contributed by atoms with van der Waals surface area (Å²) < 4.78 is 11.2. The molecule has 1 aliphatic heterocycles. The second-order valence-corrected chi connectivity index (χ2v) is 6.81. The number of hydrogen-bond acceptors (Lipinski definition) is 4. The third kappa shape index (κ3) is 3.50. The van der Waals surface area contributed by atoms with Crippen LogP contribution in [0.1, 0.15) is 30.5 Å². The van der Waals surface area contributed by atoms with Gasteiger partial charge in [0.2, 0.25) is 0 Å². The van der Waals surface area contributed by atoms with E-state index < -0.39 is 11.8 Å². The quantitative estimate of drug-likeness (QED) is 0.665. The molecule has 28 heavy (non-hydrogen) atoms. The van der Waals surface area contributed by atoms with Gasteiger partial charge in [-0.1, -0.05) is 29.8 Å². The van der Waals surface area contributed by atoms with E-state index in [-0.39, 0.29) is 10.6 Å². The number of ether oxygens (including phenoxy) is 2. The Bertz CT molecular complexity index is 980. The Morgan fingerprint density at radius 1 is 0.857 bits per heavy atom. The van der Waals surface area contributed by atoms with E-state index in [2.05, 4.69) is 0 Å². The van der Waals surface area contributed by atoms with Gasteiger partial charge in [0.15, 0.2) is 11.5 Å². The molecule has 0 atom stereocenters. The van der Waals surface area contributed by atoms with Crippen LogP contribution in [0.25, 0.3) is 5.57 Å². The molecule has 0 spiro atoms. The van der Waals surface area contributed by atoms with Crippen molar-refractivity contribution >= 4 is 34.7 Å². The predicted molar refractivity (Wildman–Crippen MR) is 110 cm³/mol. The number of benzene rings is 2. The Morgan fingerprint density at radius 2 is 1.54 bits per heavy atom. The maximum Gasteiger partial charge on any atom is 0.277 e. The van der Waals surface area contributed by atoms with Crippen molar-refractivity contribution in [2.75, 3.05) is 18.1 Å². The minimum atomic E-state index is -0.550. The van der Waals surface area contributed by atoms with Crippen molar-refractivity contribution in [2.45, 2.75) is 27.7 Å². The Kier molecular flexibility index (Phi) is 5.75. The molecule has 2 aromatic rings. The van der Waals surface area contributed by atoms with Gasteiger partial charge < -0.3 is 9.47 Å². The highest BCUT2D eigenvalue weighted by Crippen LogP contribution is 2.38. The number of hydrogen-bond donors (Lipinski definition) is 0. The summed E-state index contributed by atoms with van der Waals surface area (Å²) in [6.45, 7) is 8.57. The highest BCUT2D eigenvalue weighted by molar-refractivity contribution is 6.60. The Labute approximate surface area is 169 Å². The van der Waals surface area contributed by atoms with Gasteiger partial charge in [0.1, 0.15) is 5.03 Å². The van der Waals surface area contributed by atoms with Gasteiger partial charge in [0, 0.05) is 6.07 Å². The number of imide groups is 1. The number of nitrogens with zero attached hydrogens (tertiary/aromatic N) is 1. The lowest BCUT2D eigenvalue weighted by Crippen LogP contribution is -2.31. The second-order valence-electron chi connectivity index (χ2n) is 6.43. The first kappa shape index (κ1) is 20.0. The fraction of sp³-hybridized carbons (Fsp3) is 0.273. The number of anilines is 1. The molecule has 0 saturated heterocycles. The van der Waals surface area contributed by atoms with Crippen molar-refractivity contribution in [3.8, 4) is 11.5 Å². The molecule has 0 bridgehead atoms. The normalized spacial score (nSPS) is 14.1. The molecule has 5 nitrogen and oxygen atoms in total. The molecule has 3 rings (SSSR count). The van der Waals surface area contributed by atoms with E-state index in [9.17, 15) is 9.59 Å². The van der Waals surface area contributed by atoms with Crippen molar-refractivity contribution < 1.29 is 19.1 Å². The third-order valence-electron chi connectivity index (χ3n) is 4.61. The van der Waals surface area contributed by atoms with Crippen LogP contribution in [0.15, 0.2) is 41.4 Å². The molecule has 0 radical (unpaired) electrons. The Morgan fingerprint density at radius 3 is 2.18 bits per heavy atom. The first-order chi connectivity index (χ1) is 13.4. The molecule has 0 aliphatic carbocycles. The number of halogens is 1. The Hall–Kier alpha value is -2.79. The van der Waals surface area contributed by atoms with Gasteiger partial charge in [0.05, 0.1) is 24.5 Å². The Balaban J connectivity index is 2.01. The summed E-state index contributed by atoms with van der Waals surface area (Å²) in [6.07, 6.45) is 0. The fourth-order valence-corrected chi connectivity index (χ4v) is 3.34. The zero-order valence-corrected chi connectivity index (χ0v) is 17.1. The smallest absolute Gasteiger partial charge is 0.277 e. The molecular formula is C22H22ClNO4. The van der Waals surface area contributed by atoms with Crippen LogP contribution in [0.2, 0.25) is 0 Å². The summed E-state index contributed by atoms with van der Waals surface area (Å²) in [5, 5.41) is -0.0832. The maximum absolute atomic E-state index is 13.1. The predicted octanol–water partition coefficient (Wildman–Crippen LogP) is 4.62. The van der Waals surface area contributed by atoms with E-state index in [0.29, 0.717) is 36.0 Å². The van der Waals surface area contributed by atoms with Crippen molar-refractivity contribution in [3.63, 3.8) is 0 Å². The zero-order chi connectivity index (χ0) is 20.4. The average molecular weight is 400 g/mol. The van der Waals surface area contributed by atoms with Crippen LogP contribution in [-0.2, 0) is 9.59 Å². The van der Waals surface area contributed by atoms with Crippen LogP contribution in [0, 0.1) is 13.8 Å². The SMILES string of the molecule is CCOc1ccc(N2C(=O)C(Cl)=C(c3ccc(C)c(C)c3)C2=O)cc1OCC. The molecule has 1 aliphatic rings. The standard InChI is InChI=1S/C22H22ClNO4/c1-5-27-17-10-9-16(12-18(17)28-6-2)24-21(25)19(20(23)22(24)26)15-8-7-13(3)14(4)11-15/h7-12H,5-6H2,1-4H3. The van der Waals surface area contributed by atoms with Crippen LogP contribution < -0.4 is 14.4 Å². The van der Waals surface area contributed by atoms with Crippen LogP contribution >= 0.6 is 11.6 Å². The minimum Gasteiger partial charge on any atom is -0.490 e. The molecule has 146 valence electrons. The van der Waals surface area contributed by atoms with Gasteiger partial charge in [-0.15, -0.1) is 0 Å². The second kappa shape index (κ2) is 8.07. The highest BCUT2D eigenvalue weighted by atomic mass is 35.5. The van der Waals surface area contributed by atoms with Crippen molar-refractivity contribution in [1.29, 1.82) is 0 Å². The van der Waals surface area contributed by atoms with E-state index in [1.807, 2.05) is 39.8 Å². The van der Waals surface area contributed by atoms with Crippen LogP contribution in [-0.4, -0.2) is 25.0 Å². The number of rotatable bonds is 6. The van der Waals surface area contributed by atoms with E-state index in [1.54, 1.807) is 24.3 Å². The minimum absolute atomic E-state index is 0.0832. The summed E-state index contributed by atoms with van der Waals surface area (Å²) in [5.41, 5.74) is 3.35. The maximum atomic E-state index is 13.1. The van der Waals surface area contributed by atoms with Crippen molar-refractivity contribution in [1.82, 2.24) is 0 Å². The molecule has 1 heterocycles. The van der Waals surface area contributed by atoms with Crippen molar-refractivity contribution in [2.24, 2.45) is 0 Å². The summed E-state index contributed by atoms with van der Waals surface area (Å²) in [5.74, 6) is 0.0233. The van der Waals surface area contributed by atoms with Gasteiger partial charge >= 0.3 is 0 Å². The number of aryl methyl sites for hydroxylation is 2. The third-order valence-corrected chi connectivity index (χ3v) is 4.96. The molecule has 0 N–H and O–H groups in total. The molecule has 2 amide bonds. The number of amides is 2. The summed E-state index contributed by atoms with van der Waals surface area (Å²) in [4.78, 5) is 26.9. The molecule has 0 saturated carbocycles. The number of carbonyl (C=O) groups is 2. The number of carbonyl (C=O) groups excluding carboxylic acids is 2. The topological polar surface area (TPSA) is 55.8 Å². The van der Waals surface area contributed by atoms with Gasteiger partial charge in [-0.2, -0.15) is 0 Å². The molecular weight excluding hydrogens is 378 g/mol. The summed E-state index contributed by atoms with van der Waals surface area (Å²) >= 11 is 6.29. The first-order valence-electron chi connectivity index (χ1n) is 9.14. The van der Waals surface area contributed by atoms with Crippen LogP contribution in [0.4, 0.5) is 5.69 Å². The lowest BCUT2D eigenvalue weighted by Gasteiger charge is -2.18. The van der Waals surface area contributed by atoms with Gasteiger partial charge in [-0.05, 0) is 56.5 Å². The lowest BCUT2D eigenvalue weighted by atomic mass is 10.0. The molecule has 0 unspecified atom stereocenters. The van der Waals surface area contributed by atoms with E-state index >= 15 is 0 Å². The molecule has 0 fully saturated rings. The fourth-order valence-electron chi connectivity index (χ4n) is 3.06. The molecule has 6 heteroatoms. The van der Waals surface area contributed by atoms with Gasteiger partial charge in [-0.25, -0.2) is 4.90 Å². The zero-order valence-electron chi connectivity index (χ0n) is 16.3. The van der Waals surface area contributed by atoms with Crippen molar-refractivity contribution in [3.05, 3.63) is 58.1 Å². The highest BCUT2D eigenvalue weighted by Gasteiger charge is 2.39. The summed E-state index contributed by atoms with van der Waals surface area (Å²) in [7, 11) is 0. The molecule has 0 aromatic heterocycles. The first-order valence-corrected chi connectivity index (χ1v) is 9.52. The average Bonchev–Trinajstić information content (AvgIpc) is 2.88. The van der Waals surface area contributed by atoms with Gasteiger partial charge in [0.25, 0.3) is 11.8 Å².